The number of urea groups is 1. The zero-order valence-corrected chi connectivity index (χ0v) is 15.1. The Morgan fingerprint density at radius 2 is 1.88 bits per heavy atom. The highest BCUT2D eigenvalue weighted by molar-refractivity contribution is 5.74. The number of hydrogen-bond acceptors (Lipinski definition) is 4. The van der Waals surface area contributed by atoms with Gasteiger partial charge in [0.2, 0.25) is 0 Å². The lowest BCUT2D eigenvalue weighted by atomic mass is 9.80. The van der Waals surface area contributed by atoms with Crippen LogP contribution in [0.5, 0.6) is 0 Å². The summed E-state index contributed by atoms with van der Waals surface area (Å²) in [4.78, 5) is 16.8. The van der Waals surface area contributed by atoms with Gasteiger partial charge in [0, 0.05) is 51.0 Å². The molecule has 1 heterocycles. The standard InChI is InChI=1S/C19H30N4O2/c1-16(21-18(24)20-15-19(25)8-5-9-19)14-22-10-12-23(13-11-22)17-6-3-2-4-7-17/h2-4,6-7,16,25H,5,8-15H2,1H3,(H2,20,21,24)/t16-/m0/s1. The maximum atomic E-state index is 12.0. The molecule has 25 heavy (non-hydrogen) atoms. The summed E-state index contributed by atoms with van der Waals surface area (Å²) >= 11 is 0. The molecule has 3 rings (SSSR count). The topological polar surface area (TPSA) is 67.8 Å². The van der Waals surface area contributed by atoms with Gasteiger partial charge in [-0.25, -0.2) is 4.79 Å². The molecule has 2 aliphatic rings. The van der Waals surface area contributed by atoms with Crippen LogP contribution in [0, 0.1) is 0 Å². The molecule has 1 saturated heterocycles. The lowest BCUT2D eigenvalue weighted by molar-refractivity contribution is -0.0290. The number of nitrogens with zero attached hydrogens (tertiary/aromatic N) is 2. The normalized spacial score (nSPS) is 21.3. The molecular formula is C19H30N4O2. The zero-order valence-electron chi connectivity index (χ0n) is 15.1. The van der Waals surface area contributed by atoms with E-state index in [1.165, 1.54) is 5.69 Å². The van der Waals surface area contributed by atoms with Crippen molar-refractivity contribution >= 4 is 11.7 Å². The highest BCUT2D eigenvalue weighted by atomic mass is 16.3. The molecule has 0 aromatic heterocycles. The van der Waals surface area contributed by atoms with Gasteiger partial charge >= 0.3 is 6.03 Å². The van der Waals surface area contributed by atoms with E-state index in [9.17, 15) is 9.90 Å². The second-order valence-electron chi connectivity index (χ2n) is 7.43. The van der Waals surface area contributed by atoms with Crippen LogP contribution >= 0.6 is 0 Å². The monoisotopic (exact) mass is 346 g/mol. The Balaban J connectivity index is 1.34. The third kappa shape index (κ3) is 5.09. The number of piperazine rings is 1. The minimum Gasteiger partial charge on any atom is -0.388 e. The molecule has 2 amide bonds. The van der Waals surface area contributed by atoms with E-state index >= 15 is 0 Å². The van der Waals surface area contributed by atoms with Gasteiger partial charge in [0.15, 0.2) is 0 Å². The molecule has 1 saturated carbocycles. The fraction of sp³-hybridized carbons (Fsp3) is 0.632. The fourth-order valence-electron chi connectivity index (χ4n) is 3.54. The molecule has 6 nitrogen and oxygen atoms in total. The highest BCUT2D eigenvalue weighted by Gasteiger charge is 2.34. The zero-order chi connectivity index (χ0) is 17.7. The van der Waals surface area contributed by atoms with E-state index in [0.29, 0.717) is 6.54 Å². The van der Waals surface area contributed by atoms with Gasteiger partial charge in [-0.1, -0.05) is 18.2 Å². The molecule has 0 spiro atoms. The first-order valence-electron chi connectivity index (χ1n) is 9.33. The summed E-state index contributed by atoms with van der Waals surface area (Å²) < 4.78 is 0. The maximum Gasteiger partial charge on any atom is 0.315 e. The smallest absolute Gasteiger partial charge is 0.315 e. The molecule has 0 radical (unpaired) electrons. The van der Waals surface area contributed by atoms with Crippen molar-refractivity contribution in [1.82, 2.24) is 15.5 Å². The van der Waals surface area contributed by atoms with Crippen LogP contribution in [0.25, 0.3) is 0 Å². The molecular weight excluding hydrogens is 316 g/mol. The first-order chi connectivity index (χ1) is 12.0. The van der Waals surface area contributed by atoms with Crippen molar-refractivity contribution in [3.63, 3.8) is 0 Å². The third-order valence-corrected chi connectivity index (χ3v) is 5.27. The van der Waals surface area contributed by atoms with Crippen LogP contribution in [0.15, 0.2) is 30.3 Å². The number of carbonyl (C=O) groups is 1. The Kier molecular flexibility index (Phi) is 5.81. The van der Waals surface area contributed by atoms with E-state index in [1.807, 2.05) is 13.0 Å². The number of carbonyl (C=O) groups excluding carboxylic acids is 1. The van der Waals surface area contributed by atoms with Gasteiger partial charge in [0.1, 0.15) is 0 Å². The van der Waals surface area contributed by atoms with E-state index in [-0.39, 0.29) is 12.1 Å². The lowest BCUT2D eigenvalue weighted by Crippen LogP contribution is -2.54. The van der Waals surface area contributed by atoms with Gasteiger partial charge in [0.05, 0.1) is 5.60 Å². The lowest BCUT2D eigenvalue weighted by Gasteiger charge is -2.38. The number of aliphatic hydroxyl groups is 1. The fourth-order valence-corrected chi connectivity index (χ4v) is 3.54. The largest absolute Gasteiger partial charge is 0.388 e. The number of para-hydroxylation sites is 1. The minimum absolute atomic E-state index is 0.0827. The van der Waals surface area contributed by atoms with Crippen LogP contribution in [-0.2, 0) is 0 Å². The number of nitrogens with one attached hydrogen (secondary N) is 2. The van der Waals surface area contributed by atoms with Crippen LogP contribution in [0.1, 0.15) is 26.2 Å². The SMILES string of the molecule is C[C@@H](CN1CCN(c2ccccc2)CC1)NC(=O)NCC1(O)CCC1. The van der Waals surface area contributed by atoms with Crippen molar-refractivity contribution in [2.45, 2.75) is 37.8 Å². The van der Waals surface area contributed by atoms with E-state index in [2.05, 4.69) is 44.7 Å². The molecule has 1 atom stereocenters. The average molecular weight is 346 g/mol. The summed E-state index contributed by atoms with van der Waals surface area (Å²) in [7, 11) is 0. The number of benzene rings is 1. The summed E-state index contributed by atoms with van der Waals surface area (Å²) in [5.74, 6) is 0. The van der Waals surface area contributed by atoms with Crippen molar-refractivity contribution in [2.75, 3.05) is 44.2 Å². The summed E-state index contributed by atoms with van der Waals surface area (Å²) in [6, 6.07) is 10.4. The number of amides is 2. The molecule has 138 valence electrons. The Morgan fingerprint density at radius 1 is 1.20 bits per heavy atom. The van der Waals surface area contributed by atoms with E-state index < -0.39 is 5.60 Å². The Bertz CT molecular complexity index is 554. The summed E-state index contributed by atoms with van der Waals surface area (Å²) in [5, 5.41) is 15.8. The second kappa shape index (κ2) is 8.06. The molecule has 3 N–H and O–H groups in total. The van der Waals surface area contributed by atoms with Gasteiger partial charge < -0.3 is 20.6 Å². The molecule has 0 bridgehead atoms. The van der Waals surface area contributed by atoms with Gasteiger partial charge in [-0.2, -0.15) is 0 Å². The van der Waals surface area contributed by atoms with Crippen LogP contribution in [0.4, 0.5) is 10.5 Å². The average Bonchev–Trinajstić information content (AvgIpc) is 2.59. The third-order valence-electron chi connectivity index (χ3n) is 5.27. The Morgan fingerprint density at radius 3 is 2.48 bits per heavy atom. The van der Waals surface area contributed by atoms with Crippen molar-refractivity contribution < 1.29 is 9.90 Å². The summed E-state index contributed by atoms with van der Waals surface area (Å²) in [6.45, 7) is 7.25. The van der Waals surface area contributed by atoms with Crippen LogP contribution < -0.4 is 15.5 Å². The van der Waals surface area contributed by atoms with Crippen molar-refractivity contribution in [2.24, 2.45) is 0 Å². The first kappa shape index (κ1) is 18.0. The predicted octanol–water partition coefficient (Wildman–Crippen LogP) is 1.41. The van der Waals surface area contributed by atoms with E-state index in [4.69, 9.17) is 0 Å². The van der Waals surface area contributed by atoms with Crippen LogP contribution in [0.2, 0.25) is 0 Å². The van der Waals surface area contributed by atoms with Crippen molar-refractivity contribution in [3.05, 3.63) is 30.3 Å². The summed E-state index contributed by atoms with van der Waals surface area (Å²) in [5.41, 5.74) is 0.607. The molecule has 1 aliphatic carbocycles. The van der Waals surface area contributed by atoms with Gasteiger partial charge in [0.25, 0.3) is 0 Å². The Hall–Kier alpha value is -1.79. The number of hydrogen-bond donors (Lipinski definition) is 3. The minimum atomic E-state index is -0.672. The van der Waals surface area contributed by atoms with Gasteiger partial charge in [-0.15, -0.1) is 0 Å². The maximum absolute atomic E-state index is 12.0. The molecule has 1 aromatic rings. The second-order valence-corrected chi connectivity index (χ2v) is 7.43. The van der Waals surface area contributed by atoms with Crippen molar-refractivity contribution in [3.8, 4) is 0 Å². The molecule has 1 aliphatic heterocycles. The van der Waals surface area contributed by atoms with Crippen LogP contribution in [0.3, 0.4) is 0 Å². The molecule has 6 heteroatoms. The van der Waals surface area contributed by atoms with Gasteiger partial charge in [-0.3, -0.25) is 4.90 Å². The highest BCUT2D eigenvalue weighted by Crippen LogP contribution is 2.30. The van der Waals surface area contributed by atoms with E-state index in [1.54, 1.807) is 0 Å². The van der Waals surface area contributed by atoms with Crippen molar-refractivity contribution in [1.29, 1.82) is 0 Å². The quantitative estimate of drug-likeness (QED) is 0.729. The molecule has 1 aromatic carbocycles. The first-order valence-corrected chi connectivity index (χ1v) is 9.33. The molecule has 0 unspecified atom stereocenters. The number of anilines is 1. The predicted molar refractivity (Wildman–Crippen MR) is 99.9 cm³/mol. The summed E-state index contributed by atoms with van der Waals surface area (Å²) in [6.07, 6.45) is 2.62. The van der Waals surface area contributed by atoms with Crippen LogP contribution in [-0.4, -0.2) is 66.9 Å². The number of rotatable bonds is 6. The van der Waals surface area contributed by atoms with Gasteiger partial charge in [-0.05, 0) is 38.3 Å². The molecule has 2 fully saturated rings. The Labute approximate surface area is 150 Å². The van der Waals surface area contributed by atoms with E-state index in [0.717, 1.165) is 52.0 Å².